The van der Waals surface area contributed by atoms with Crippen molar-refractivity contribution >= 4 is 0 Å². The summed E-state index contributed by atoms with van der Waals surface area (Å²) in [6.07, 6.45) is 7.58. The highest BCUT2D eigenvalue weighted by atomic mass is 16.3. The zero-order valence-corrected chi connectivity index (χ0v) is 8.46. The number of fused-ring (bicyclic) bond motifs is 1. The summed E-state index contributed by atoms with van der Waals surface area (Å²) >= 11 is 0. The van der Waals surface area contributed by atoms with Crippen molar-refractivity contribution in [3.05, 3.63) is 23.3 Å². The number of aliphatic hydroxyl groups excluding tert-OH is 1. The van der Waals surface area contributed by atoms with Crippen LogP contribution in [0.5, 0.6) is 0 Å². The molecule has 0 aliphatic heterocycles. The first-order valence-electron chi connectivity index (χ1n) is 5.24. The Morgan fingerprint density at radius 1 is 1.46 bits per heavy atom. The minimum atomic E-state index is -0.205. The van der Waals surface area contributed by atoms with Gasteiger partial charge in [0.25, 0.3) is 0 Å². The van der Waals surface area contributed by atoms with Crippen molar-refractivity contribution in [2.24, 2.45) is 11.8 Å². The van der Waals surface area contributed by atoms with Gasteiger partial charge in [-0.3, -0.25) is 0 Å². The Kier molecular flexibility index (Phi) is 2.29. The van der Waals surface area contributed by atoms with Crippen molar-refractivity contribution in [1.82, 2.24) is 0 Å². The topological polar surface area (TPSA) is 20.2 Å². The van der Waals surface area contributed by atoms with E-state index in [2.05, 4.69) is 19.9 Å². The summed E-state index contributed by atoms with van der Waals surface area (Å²) in [4.78, 5) is 0. The van der Waals surface area contributed by atoms with E-state index >= 15 is 0 Å². The Balaban J connectivity index is 2.29. The monoisotopic (exact) mass is 178 g/mol. The third kappa shape index (κ3) is 1.71. The molecule has 1 N–H and O–H groups in total. The van der Waals surface area contributed by atoms with Gasteiger partial charge < -0.3 is 5.11 Å². The third-order valence-corrected chi connectivity index (χ3v) is 3.38. The molecule has 0 saturated carbocycles. The van der Waals surface area contributed by atoms with Gasteiger partial charge in [0.2, 0.25) is 0 Å². The van der Waals surface area contributed by atoms with Gasteiger partial charge in [-0.25, -0.2) is 0 Å². The van der Waals surface area contributed by atoms with Gasteiger partial charge in [-0.2, -0.15) is 0 Å². The lowest BCUT2D eigenvalue weighted by Crippen LogP contribution is -2.26. The van der Waals surface area contributed by atoms with Gasteiger partial charge in [0.1, 0.15) is 0 Å². The molecule has 0 unspecified atom stereocenters. The molecule has 0 aromatic rings. The van der Waals surface area contributed by atoms with Crippen molar-refractivity contribution in [3.63, 3.8) is 0 Å². The van der Waals surface area contributed by atoms with E-state index in [4.69, 9.17) is 0 Å². The molecule has 3 atom stereocenters. The fourth-order valence-corrected chi connectivity index (χ4v) is 2.63. The van der Waals surface area contributed by atoms with Crippen LogP contribution in [0.15, 0.2) is 23.3 Å². The molecule has 2 aliphatic rings. The highest BCUT2D eigenvalue weighted by molar-refractivity contribution is 5.32. The minimum absolute atomic E-state index is 0.205. The fourth-order valence-electron chi connectivity index (χ4n) is 2.63. The molecule has 2 rings (SSSR count). The Hall–Kier alpha value is -0.560. The van der Waals surface area contributed by atoms with E-state index < -0.39 is 0 Å². The molecule has 0 bridgehead atoms. The van der Waals surface area contributed by atoms with E-state index in [0.717, 1.165) is 6.42 Å². The average Bonchev–Trinajstić information content (AvgIpc) is 2.02. The standard InChI is InChI=1S/C12H18O/c1-8-3-4-12-9(2)6-11(13)7-10(12)5-8/h5,7,9,11-13H,3-4,6H2,1-2H3/t9-,11+,12+/m0/s1. The van der Waals surface area contributed by atoms with E-state index in [0.29, 0.717) is 11.8 Å². The third-order valence-electron chi connectivity index (χ3n) is 3.38. The van der Waals surface area contributed by atoms with Crippen LogP contribution in [0.4, 0.5) is 0 Å². The lowest BCUT2D eigenvalue weighted by atomic mass is 9.72. The zero-order chi connectivity index (χ0) is 9.42. The molecule has 0 radical (unpaired) electrons. The summed E-state index contributed by atoms with van der Waals surface area (Å²) in [5.74, 6) is 1.37. The number of aliphatic hydroxyl groups is 1. The molecular formula is C12H18O. The Labute approximate surface area is 80.2 Å². The largest absolute Gasteiger partial charge is 0.389 e. The summed E-state index contributed by atoms with van der Waals surface area (Å²) < 4.78 is 0. The normalized spacial score (nSPS) is 39.2. The van der Waals surface area contributed by atoms with E-state index in [-0.39, 0.29) is 6.10 Å². The molecule has 0 heterocycles. The molecule has 0 aromatic carbocycles. The smallest absolute Gasteiger partial charge is 0.0729 e. The van der Waals surface area contributed by atoms with Gasteiger partial charge in [0, 0.05) is 0 Å². The molecule has 0 aromatic heterocycles. The molecule has 0 amide bonds. The SMILES string of the molecule is CC1=CC2=C[C@H](O)C[C@H](C)[C@H]2CC1. The second-order valence-electron chi connectivity index (χ2n) is 4.58. The molecular weight excluding hydrogens is 160 g/mol. The predicted octanol–water partition coefficient (Wildman–Crippen LogP) is 2.67. The van der Waals surface area contributed by atoms with Gasteiger partial charge in [0.05, 0.1) is 6.10 Å². The van der Waals surface area contributed by atoms with Crippen LogP contribution in [0.2, 0.25) is 0 Å². The van der Waals surface area contributed by atoms with Crippen molar-refractivity contribution in [3.8, 4) is 0 Å². The summed E-state index contributed by atoms with van der Waals surface area (Å²) in [6.45, 7) is 4.44. The zero-order valence-electron chi connectivity index (χ0n) is 8.46. The summed E-state index contributed by atoms with van der Waals surface area (Å²) in [5.41, 5.74) is 2.85. The molecule has 0 fully saturated rings. The van der Waals surface area contributed by atoms with E-state index in [1.54, 1.807) is 0 Å². The van der Waals surface area contributed by atoms with Crippen LogP contribution >= 0.6 is 0 Å². The lowest BCUT2D eigenvalue weighted by Gasteiger charge is -2.34. The second-order valence-corrected chi connectivity index (χ2v) is 4.58. The quantitative estimate of drug-likeness (QED) is 0.604. The van der Waals surface area contributed by atoms with Crippen LogP contribution < -0.4 is 0 Å². The van der Waals surface area contributed by atoms with Crippen LogP contribution in [0.1, 0.15) is 33.1 Å². The van der Waals surface area contributed by atoms with Gasteiger partial charge in [0.15, 0.2) is 0 Å². The maximum Gasteiger partial charge on any atom is 0.0729 e. The van der Waals surface area contributed by atoms with E-state index in [1.165, 1.54) is 24.0 Å². The maximum atomic E-state index is 9.60. The first kappa shape index (κ1) is 9.01. The number of allylic oxidation sites excluding steroid dienone is 3. The number of hydrogen-bond acceptors (Lipinski definition) is 1. The van der Waals surface area contributed by atoms with Gasteiger partial charge >= 0.3 is 0 Å². The first-order chi connectivity index (χ1) is 6.16. The summed E-state index contributed by atoms with van der Waals surface area (Å²) in [6, 6.07) is 0. The molecule has 1 nitrogen and oxygen atoms in total. The number of hydrogen-bond donors (Lipinski definition) is 1. The average molecular weight is 178 g/mol. The van der Waals surface area contributed by atoms with Crippen molar-refractivity contribution in [1.29, 1.82) is 0 Å². The van der Waals surface area contributed by atoms with Crippen molar-refractivity contribution in [2.75, 3.05) is 0 Å². The molecule has 2 aliphatic carbocycles. The van der Waals surface area contributed by atoms with Crippen LogP contribution in [-0.4, -0.2) is 11.2 Å². The van der Waals surface area contributed by atoms with Crippen LogP contribution in [0.25, 0.3) is 0 Å². The summed E-state index contributed by atoms with van der Waals surface area (Å²) in [5, 5.41) is 9.60. The molecule has 1 heteroatoms. The lowest BCUT2D eigenvalue weighted by molar-refractivity contribution is 0.158. The van der Waals surface area contributed by atoms with Gasteiger partial charge in [-0.1, -0.05) is 24.6 Å². The first-order valence-corrected chi connectivity index (χ1v) is 5.24. The molecule has 0 saturated heterocycles. The van der Waals surface area contributed by atoms with Crippen LogP contribution in [0.3, 0.4) is 0 Å². The van der Waals surface area contributed by atoms with Crippen LogP contribution in [0, 0.1) is 11.8 Å². The van der Waals surface area contributed by atoms with E-state index in [9.17, 15) is 5.11 Å². The highest BCUT2D eigenvalue weighted by Gasteiger charge is 2.28. The second kappa shape index (κ2) is 3.30. The fraction of sp³-hybridized carbons (Fsp3) is 0.667. The minimum Gasteiger partial charge on any atom is -0.389 e. The van der Waals surface area contributed by atoms with Crippen LogP contribution in [-0.2, 0) is 0 Å². The van der Waals surface area contributed by atoms with Crippen molar-refractivity contribution < 1.29 is 5.11 Å². The predicted molar refractivity (Wildman–Crippen MR) is 54.4 cm³/mol. The molecule has 72 valence electrons. The van der Waals surface area contributed by atoms with Crippen molar-refractivity contribution in [2.45, 2.75) is 39.2 Å². The van der Waals surface area contributed by atoms with Gasteiger partial charge in [-0.15, -0.1) is 0 Å². The Morgan fingerprint density at radius 3 is 3.00 bits per heavy atom. The number of rotatable bonds is 0. The Bertz CT molecular complexity index is 262. The van der Waals surface area contributed by atoms with E-state index in [1.807, 2.05) is 6.08 Å². The maximum absolute atomic E-state index is 9.60. The molecule has 13 heavy (non-hydrogen) atoms. The summed E-state index contributed by atoms with van der Waals surface area (Å²) in [7, 11) is 0. The highest BCUT2D eigenvalue weighted by Crippen LogP contribution is 2.38. The Morgan fingerprint density at radius 2 is 2.23 bits per heavy atom. The van der Waals surface area contributed by atoms with Gasteiger partial charge in [-0.05, 0) is 43.6 Å². The molecule has 0 spiro atoms.